The molecule has 0 aliphatic heterocycles. The highest BCUT2D eigenvalue weighted by molar-refractivity contribution is 6.30. The Kier molecular flexibility index (Phi) is 3.10. The SMILES string of the molecule is Cc1cc(N(C)C)n2ncc(-c3ccc(Cl)cc3)c2n1. The second-order valence-electron chi connectivity index (χ2n) is 4.95. The van der Waals surface area contributed by atoms with Crippen molar-refractivity contribution < 1.29 is 0 Å². The molecule has 0 saturated heterocycles. The molecule has 3 aromatic rings. The van der Waals surface area contributed by atoms with Crippen LogP contribution in [0.25, 0.3) is 16.8 Å². The predicted molar refractivity (Wildman–Crippen MR) is 82.5 cm³/mol. The molecule has 2 aromatic heterocycles. The van der Waals surface area contributed by atoms with Gasteiger partial charge in [0, 0.05) is 36.4 Å². The average molecular weight is 287 g/mol. The molecule has 20 heavy (non-hydrogen) atoms. The van der Waals surface area contributed by atoms with Gasteiger partial charge in [0.1, 0.15) is 5.82 Å². The molecular formula is C15H15ClN4. The molecule has 1 aromatic carbocycles. The van der Waals surface area contributed by atoms with E-state index in [0.29, 0.717) is 0 Å². The van der Waals surface area contributed by atoms with Crippen molar-refractivity contribution in [3.05, 3.63) is 47.2 Å². The van der Waals surface area contributed by atoms with Crippen LogP contribution in [0.3, 0.4) is 0 Å². The number of nitrogens with zero attached hydrogens (tertiary/aromatic N) is 4. The Morgan fingerprint density at radius 3 is 2.50 bits per heavy atom. The van der Waals surface area contributed by atoms with Crippen molar-refractivity contribution in [1.29, 1.82) is 0 Å². The average Bonchev–Trinajstić information content (AvgIpc) is 2.82. The maximum absolute atomic E-state index is 5.94. The van der Waals surface area contributed by atoms with Crippen molar-refractivity contribution in [2.75, 3.05) is 19.0 Å². The van der Waals surface area contributed by atoms with E-state index < -0.39 is 0 Å². The number of anilines is 1. The van der Waals surface area contributed by atoms with Crippen LogP contribution in [0.15, 0.2) is 36.5 Å². The van der Waals surface area contributed by atoms with Crippen molar-refractivity contribution in [3.63, 3.8) is 0 Å². The third-order valence-electron chi connectivity index (χ3n) is 3.19. The third-order valence-corrected chi connectivity index (χ3v) is 3.45. The Morgan fingerprint density at radius 1 is 1.15 bits per heavy atom. The van der Waals surface area contributed by atoms with Crippen LogP contribution in [0.4, 0.5) is 5.82 Å². The van der Waals surface area contributed by atoms with E-state index in [-0.39, 0.29) is 0 Å². The Hall–Kier alpha value is -2.07. The first kappa shape index (κ1) is 12.9. The molecule has 102 valence electrons. The number of halogens is 1. The molecule has 0 aliphatic rings. The van der Waals surface area contributed by atoms with E-state index >= 15 is 0 Å². The molecule has 4 nitrogen and oxygen atoms in total. The number of aryl methyl sites for hydroxylation is 1. The van der Waals surface area contributed by atoms with Gasteiger partial charge in [-0.3, -0.25) is 0 Å². The van der Waals surface area contributed by atoms with E-state index in [1.165, 1.54) is 0 Å². The lowest BCUT2D eigenvalue weighted by Gasteiger charge is -2.14. The van der Waals surface area contributed by atoms with E-state index in [2.05, 4.69) is 10.1 Å². The Morgan fingerprint density at radius 2 is 1.85 bits per heavy atom. The van der Waals surface area contributed by atoms with E-state index in [9.17, 15) is 0 Å². The minimum absolute atomic E-state index is 0.725. The van der Waals surface area contributed by atoms with Gasteiger partial charge in [0.15, 0.2) is 5.65 Å². The number of aromatic nitrogens is 3. The van der Waals surface area contributed by atoms with Crippen molar-refractivity contribution in [3.8, 4) is 11.1 Å². The first-order valence-electron chi connectivity index (χ1n) is 6.35. The second-order valence-corrected chi connectivity index (χ2v) is 5.39. The number of benzene rings is 1. The third kappa shape index (κ3) is 2.12. The highest BCUT2D eigenvalue weighted by Gasteiger charge is 2.12. The summed E-state index contributed by atoms with van der Waals surface area (Å²) in [6.45, 7) is 1.99. The molecule has 0 unspecified atom stereocenters. The lowest BCUT2D eigenvalue weighted by Crippen LogP contribution is -2.14. The number of rotatable bonds is 2. The second kappa shape index (κ2) is 4.80. The molecule has 0 saturated carbocycles. The van der Waals surface area contributed by atoms with Gasteiger partial charge in [-0.05, 0) is 24.6 Å². The van der Waals surface area contributed by atoms with Crippen molar-refractivity contribution in [2.24, 2.45) is 0 Å². The number of hydrogen-bond donors (Lipinski definition) is 0. The van der Waals surface area contributed by atoms with Gasteiger partial charge in [-0.15, -0.1) is 0 Å². The first-order valence-corrected chi connectivity index (χ1v) is 6.72. The van der Waals surface area contributed by atoms with E-state index in [1.807, 2.05) is 67.0 Å². The smallest absolute Gasteiger partial charge is 0.165 e. The summed E-state index contributed by atoms with van der Waals surface area (Å²) in [5, 5.41) is 5.18. The molecule has 0 atom stereocenters. The first-order chi connectivity index (χ1) is 9.56. The molecule has 3 rings (SSSR count). The lowest BCUT2D eigenvalue weighted by molar-refractivity contribution is 0.889. The molecule has 5 heteroatoms. The fourth-order valence-corrected chi connectivity index (χ4v) is 2.34. The fourth-order valence-electron chi connectivity index (χ4n) is 2.22. The summed E-state index contributed by atoms with van der Waals surface area (Å²) < 4.78 is 1.86. The standard InChI is InChI=1S/C15H15ClN4/c1-10-8-14(19(2)3)20-15(18-10)13(9-17-20)11-4-6-12(16)7-5-11/h4-9H,1-3H3. The van der Waals surface area contributed by atoms with Gasteiger partial charge in [-0.25, -0.2) is 4.98 Å². The molecule has 0 N–H and O–H groups in total. The summed E-state index contributed by atoms with van der Waals surface area (Å²) >= 11 is 5.94. The molecule has 0 fully saturated rings. The molecule has 2 heterocycles. The van der Waals surface area contributed by atoms with Crippen molar-refractivity contribution >= 4 is 23.1 Å². The topological polar surface area (TPSA) is 33.4 Å². The maximum atomic E-state index is 5.94. The molecule has 0 spiro atoms. The van der Waals surface area contributed by atoms with Gasteiger partial charge >= 0.3 is 0 Å². The summed E-state index contributed by atoms with van der Waals surface area (Å²) in [4.78, 5) is 6.65. The van der Waals surface area contributed by atoms with Gasteiger partial charge in [0.05, 0.1) is 6.20 Å². The zero-order valence-electron chi connectivity index (χ0n) is 11.6. The van der Waals surface area contributed by atoms with Crippen LogP contribution in [0.5, 0.6) is 0 Å². The Balaban J connectivity index is 2.25. The lowest BCUT2D eigenvalue weighted by atomic mass is 10.1. The molecule has 0 aliphatic carbocycles. The summed E-state index contributed by atoms with van der Waals surface area (Å²) in [7, 11) is 4.00. The van der Waals surface area contributed by atoms with Crippen LogP contribution in [-0.4, -0.2) is 28.7 Å². The minimum atomic E-state index is 0.725. The normalized spacial score (nSPS) is 11.0. The number of hydrogen-bond acceptors (Lipinski definition) is 3. The quantitative estimate of drug-likeness (QED) is 0.724. The van der Waals surface area contributed by atoms with Gasteiger partial charge < -0.3 is 4.90 Å². The maximum Gasteiger partial charge on any atom is 0.165 e. The molecule has 0 amide bonds. The molecule has 0 radical (unpaired) electrons. The summed E-state index contributed by atoms with van der Waals surface area (Å²) in [5.41, 5.74) is 3.90. The van der Waals surface area contributed by atoms with E-state index in [0.717, 1.165) is 33.3 Å². The highest BCUT2D eigenvalue weighted by atomic mass is 35.5. The van der Waals surface area contributed by atoms with Gasteiger partial charge in [-0.1, -0.05) is 23.7 Å². The van der Waals surface area contributed by atoms with Crippen LogP contribution >= 0.6 is 11.6 Å². The summed E-state index contributed by atoms with van der Waals surface area (Å²) in [6, 6.07) is 9.75. The van der Waals surface area contributed by atoms with Gasteiger partial charge in [0.25, 0.3) is 0 Å². The highest BCUT2D eigenvalue weighted by Crippen LogP contribution is 2.27. The van der Waals surface area contributed by atoms with Crippen LogP contribution in [0.1, 0.15) is 5.69 Å². The Labute approximate surface area is 122 Å². The fraction of sp³-hybridized carbons (Fsp3) is 0.200. The van der Waals surface area contributed by atoms with Crippen LogP contribution in [0.2, 0.25) is 5.02 Å². The van der Waals surface area contributed by atoms with Crippen molar-refractivity contribution in [2.45, 2.75) is 6.92 Å². The van der Waals surface area contributed by atoms with Gasteiger partial charge in [0.2, 0.25) is 0 Å². The van der Waals surface area contributed by atoms with Crippen LogP contribution in [-0.2, 0) is 0 Å². The zero-order valence-corrected chi connectivity index (χ0v) is 12.4. The van der Waals surface area contributed by atoms with E-state index in [1.54, 1.807) is 0 Å². The van der Waals surface area contributed by atoms with E-state index in [4.69, 9.17) is 11.6 Å². The Bertz CT molecular complexity index is 759. The summed E-state index contributed by atoms with van der Waals surface area (Å²) in [6.07, 6.45) is 1.85. The van der Waals surface area contributed by atoms with Crippen LogP contribution in [0, 0.1) is 6.92 Å². The summed E-state index contributed by atoms with van der Waals surface area (Å²) in [5.74, 6) is 1.01. The molecule has 0 bridgehead atoms. The van der Waals surface area contributed by atoms with Crippen LogP contribution < -0.4 is 4.90 Å². The number of fused-ring (bicyclic) bond motifs is 1. The molecular weight excluding hydrogens is 272 g/mol. The largest absolute Gasteiger partial charge is 0.363 e. The predicted octanol–water partition coefficient (Wildman–Crippen LogP) is 3.42. The van der Waals surface area contributed by atoms with Gasteiger partial charge in [-0.2, -0.15) is 9.61 Å². The van der Waals surface area contributed by atoms with Crippen molar-refractivity contribution in [1.82, 2.24) is 14.6 Å². The zero-order chi connectivity index (χ0) is 14.3. The monoisotopic (exact) mass is 286 g/mol. The minimum Gasteiger partial charge on any atom is -0.363 e.